The molecular formula is C12H16FNO5S. The molecule has 20 heavy (non-hydrogen) atoms. The normalized spacial score (nSPS) is 12.4. The van der Waals surface area contributed by atoms with Crippen LogP contribution in [-0.2, 0) is 14.8 Å². The smallest absolute Gasteiger partial charge is 0.338 e. The molecule has 0 saturated heterocycles. The van der Waals surface area contributed by atoms with Gasteiger partial charge >= 0.3 is 5.97 Å². The first-order chi connectivity index (χ1) is 9.09. The van der Waals surface area contributed by atoms with Crippen LogP contribution in [0.2, 0.25) is 0 Å². The Morgan fingerprint density at radius 2 is 2.05 bits per heavy atom. The molecule has 0 saturated carbocycles. The number of aromatic carboxylic acids is 1. The maximum atomic E-state index is 13.3. The molecule has 0 unspecified atom stereocenters. The third-order valence-electron chi connectivity index (χ3n) is 2.39. The molecule has 0 aromatic heterocycles. The van der Waals surface area contributed by atoms with Gasteiger partial charge in [0, 0.05) is 7.11 Å². The van der Waals surface area contributed by atoms with E-state index in [2.05, 4.69) is 4.72 Å². The van der Waals surface area contributed by atoms with Gasteiger partial charge in [-0.2, -0.15) is 0 Å². The van der Waals surface area contributed by atoms with E-state index in [1.165, 1.54) is 7.11 Å². The van der Waals surface area contributed by atoms with Crippen molar-refractivity contribution in [1.82, 2.24) is 4.72 Å². The highest BCUT2D eigenvalue weighted by Crippen LogP contribution is 2.17. The number of hydrogen-bond donors (Lipinski definition) is 2. The standard InChI is InChI=1S/C12H16FNO5S/c1-12(2,7-19-3)14-20(17,18)8-4-5-10(13)9(6-8)11(15)16/h4-6,14H,7H2,1-3H3,(H,15,16). The number of nitrogens with one attached hydrogen (secondary N) is 1. The SMILES string of the molecule is COCC(C)(C)NS(=O)(=O)c1ccc(F)c(C(=O)O)c1. The molecule has 1 rings (SSSR count). The molecule has 0 atom stereocenters. The number of methoxy groups -OCH3 is 1. The van der Waals surface area contributed by atoms with Crippen molar-refractivity contribution in [2.24, 2.45) is 0 Å². The molecule has 0 fully saturated rings. The average molecular weight is 305 g/mol. The van der Waals surface area contributed by atoms with Crippen LogP contribution in [-0.4, -0.2) is 38.7 Å². The lowest BCUT2D eigenvalue weighted by atomic mass is 10.1. The molecule has 1 aromatic carbocycles. The zero-order valence-corrected chi connectivity index (χ0v) is 12.1. The van der Waals surface area contributed by atoms with Crippen molar-refractivity contribution in [3.63, 3.8) is 0 Å². The Morgan fingerprint density at radius 3 is 2.55 bits per heavy atom. The van der Waals surface area contributed by atoms with Crippen molar-refractivity contribution < 1.29 is 27.4 Å². The number of carbonyl (C=O) groups is 1. The zero-order chi connectivity index (χ0) is 15.6. The van der Waals surface area contributed by atoms with Gasteiger partial charge in [0.2, 0.25) is 10.0 Å². The third kappa shape index (κ3) is 3.99. The second kappa shape index (κ2) is 5.86. The minimum atomic E-state index is -3.97. The quantitative estimate of drug-likeness (QED) is 0.824. The number of ether oxygens (including phenoxy) is 1. The van der Waals surface area contributed by atoms with E-state index in [-0.39, 0.29) is 11.5 Å². The highest BCUT2D eigenvalue weighted by atomic mass is 32.2. The van der Waals surface area contributed by atoms with Crippen LogP contribution in [0.25, 0.3) is 0 Å². The molecule has 8 heteroatoms. The maximum Gasteiger partial charge on any atom is 0.338 e. The minimum Gasteiger partial charge on any atom is -0.478 e. The van der Waals surface area contributed by atoms with Crippen molar-refractivity contribution in [1.29, 1.82) is 0 Å². The summed E-state index contributed by atoms with van der Waals surface area (Å²) in [6.45, 7) is 3.34. The monoisotopic (exact) mass is 305 g/mol. The fourth-order valence-corrected chi connectivity index (χ4v) is 3.07. The Balaban J connectivity index is 3.17. The second-order valence-corrected chi connectivity index (χ2v) is 6.55. The molecule has 0 amide bonds. The minimum absolute atomic E-state index is 0.124. The van der Waals surface area contributed by atoms with Crippen LogP contribution in [0.5, 0.6) is 0 Å². The number of rotatable bonds is 6. The maximum absolute atomic E-state index is 13.3. The van der Waals surface area contributed by atoms with Crippen LogP contribution in [0.15, 0.2) is 23.1 Å². The van der Waals surface area contributed by atoms with E-state index < -0.39 is 32.9 Å². The summed E-state index contributed by atoms with van der Waals surface area (Å²) in [5, 5.41) is 8.80. The molecule has 112 valence electrons. The van der Waals surface area contributed by atoms with E-state index >= 15 is 0 Å². The third-order valence-corrected chi connectivity index (χ3v) is 4.09. The van der Waals surface area contributed by atoms with E-state index in [1.807, 2.05) is 0 Å². The fraction of sp³-hybridized carbons (Fsp3) is 0.417. The molecule has 0 bridgehead atoms. The van der Waals surface area contributed by atoms with Crippen molar-refractivity contribution in [3.8, 4) is 0 Å². The van der Waals surface area contributed by atoms with Gasteiger partial charge in [0.1, 0.15) is 5.82 Å². The molecule has 0 aliphatic rings. The molecule has 0 aliphatic heterocycles. The van der Waals surface area contributed by atoms with Crippen LogP contribution < -0.4 is 4.72 Å². The Labute approximate surface area is 116 Å². The van der Waals surface area contributed by atoms with E-state index in [0.29, 0.717) is 0 Å². The van der Waals surface area contributed by atoms with Crippen LogP contribution in [0.4, 0.5) is 4.39 Å². The average Bonchev–Trinajstić information content (AvgIpc) is 2.26. The molecule has 2 N–H and O–H groups in total. The van der Waals surface area contributed by atoms with E-state index in [0.717, 1.165) is 18.2 Å². The predicted molar refractivity (Wildman–Crippen MR) is 69.6 cm³/mol. The predicted octanol–water partition coefficient (Wildman–Crippen LogP) is 1.23. The number of halogens is 1. The van der Waals surface area contributed by atoms with Gasteiger partial charge < -0.3 is 9.84 Å². The van der Waals surface area contributed by atoms with Crippen molar-refractivity contribution in [2.75, 3.05) is 13.7 Å². The number of sulfonamides is 1. The summed E-state index contributed by atoms with van der Waals surface area (Å²) in [6, 6.07) is 2.59. The lowest BCUT2D eigenvalue weighted by Crippen LogP contribution is -2.46. The molecular weight excluding hydrogens is 289 g/mol. The molecule has 1 aromatic rings. The topological polar surface area (TPSA) is 92.7 Å². The summed E-state index contributed by atoms with van der Waals surface area (Å²) >= 11 is 0. The van der Waals surface area contributed by atoms with E-state index in [9.17, 15) is 17.6 Å². The molecule has 0 spiro atoms. The summed E-state index contributed by atoms with van der Waals surface area (Å²) in [5.74, 6) is -2.52. The molecule has 0 heterocycles. The van der Waals surface area contributed by atoms with Crippen molar-refractivity contribution in [2.45, 2.75) is 24.3 Å². The summed E-state index contributed by atoms with van der Waals surface area (Å²) in [4.78, 5) is 10.5. The van der Waals surface area contributed by atoms with Crippen molar-refractivity contribution >= 4 is 16.0 Å². The van der Waals surface area contributed by atoms with Crippen LogP contribution in [0.3, 0.4) is 0 Å². The molecule has 6 nitrogen and oxygen atoms in total. The first-order valence-corrected chi connectivity index (χ1v) is 7.13. The Morgan fingerprint density at radius 1 is 1.45 bits per heavy atom. The van der Waals surface area contributed by atoms with E-state index in [4.69, 9.17) is 9.84 Å². The van der Waals surface area contributed by atoms with Gasteiger partial charge in [-0.25, -0.2) is 22.3 Å². The summed E-state index contributed by atoms with van der Waals surface area (Å²) in [7, 11) is -2.55. The second-order valence-electron chi connectivity index (χ2n) is 4.87. The van der Waals surface area contributed by atoms with Gasteiger partial charge in [0.25, 0.3) is 0 Å². The first-order valence-electron chi connectivity index (χ1n) is 5.65. The van der Waals surface area contributed by atoms with Gasteiger partial charge in [0.05, 0.1) is 22.6 Å². The first kappa shape index (κ1) is 16.5. The van der Waals surface area contributed by atoms with Crippen LogP contribution >= 0.6 is 0 Å². The van der Waals surface area contributed by atoms with E-state index in [1.54, 1.807) is 13.8 Å². The fourth-order valence-electron chi connectivity index (χ4n) is 1.65. The molecule has 0 aliphatic carbocycles. The Bertz CT molecular complexity index is 612. The van der Waals surface area contributed by atoms with Gasteiger partial charge in [-0.3, -0.25) is 0 Å². The lowest BCUT2D eigenvalue weighted by Gasteiger charge is -2.24. The van der Waals surface area contributed by atoms with Gasteiger partial charge in [-0.05, 0) is 32.0 Å². The summed E-state index contributed by atoms with van der Waals surface area (Å²) in [6.07, 6.45) is 0. The highest BCUT2D eigenvalue weighted by molar-refractivity contribution is 7.89. The largest absolute Gasteiger partial charge is 0.478 e. The Kier molecular flexibility index (Phi) is 4.85. The summed E-state index contributed by atoms with van der Waals surface area (Å²) in [5.41, 5.74) is -1.58. The Hall–Kier alpha value is -1.51. The van der Waals surface area contributed by atoms with Gasteiger partial charge in [-0.15, -0.1) is 0 Å². The van der Waals surface area contributed by atoms with Crippen molar-refractivity contribution in [3.05, 3.63) is 29.6 Å². The number of carboxylic acid groups (broad SMARTS) is 1. The van der Waals surface area contributed by atoms with Gasteiger partial charge in [-0.1, -0.05) is 0 Å². The van der Waals surface area contributed by atoms with Crippen LogP contribution in [0, 0.1) is 5.82 Å². The molecule has 0 radical (unpaired) electrons. The number of carboxylic acids is 1. The number of hydrogen-bond acceptors (Lipinski definition) is 4. The van der Waals surface area contributed by atoms with Crippen LogP contribution in [0.1, 0.15) is 24.2 Å². The number of benzene rings is 1. The van der Waals surface area contributed by atoms with Gasteiger partial charge in [0.15, 0.2) is 0 Å². The highest BCUT2D eigenvalue weighted by Gasteiger charge is 2.27. The zero-order valence-electron chi connectivity index (χ0n) is 11.3. The summed E-state index contributed by atoms with van der Waals surface area (Å²) < 4.78 is 44.8. The lowest BCUT2D eigenvalue weighted by molar-refractivity contribution is 0.0691.